The standard InChI is InChI=1S/C12H17ClFN/c1-8(2)3-4-12(15)9-5-10(13)7-11(14)6-9/h5-8,12H,3-4,15H2,1-2H3/t12-/m0/s1. The van der Waals surface area contributed by atoms with E-state index >= 15 is 0 Å². The van der Waals surface area contributed by atoms with Gasteiger partial charge in [-0.25, -0.2) is 4.39 Å². The van der Waals surface area contributed by atoms with E-state index in [1.54, 1.807) is 6.07 Å². The second-order valence-corrected chi connectivity index (χ2v) is 4.72. The van der Waals surface area contributed by atoms with Crippen molar-refractivity contribution in [1.82, 2.24) is 0 Å². The van der Waals surface area contributed by atoms with Crippen molar-refractivity contribution in [2.24, 2.45) is 11.7 Å². The lowest BCUT2D eigenvalue weighted by molar-refractivity contribution is 0.505. The molecule has 2 N–H and O–H groups in total. The molecular formula is C12H17ClFN. The molecule has 1 aromatic carbocycles. The van der Waals surface area contributed by atoms with E-state index in [2.05, 4.69) is 13.8 Å². The molecule has 0 aliphatic heterocycles. The average Bonchev–Trinajstić information content (AvgIpc) is 2.12. The monoisotopic (exact) mass is 229 g/mol. The van der Waals surface area contributed by atoms with Gasteiger partial charge >= 0.3 is 0 Å². The lowest BCUT2D eigenvalue weighted by Crippen LogP contribution is -2.11. The molecule has 0 radical (unpaired) electrons. The summed E-state index contributed by atoms with van der Waals surface area (Å²) in [6, 6.07) is 4.35. The molecule has 0 unspecified atom stereocenters. The topological polar surface area (TPSA) is 26.0 Å². The van der Waals surface area contributed by atoms with Crippen LogP contribution < -0.4 is 5.73 Å². The first-order valence-corrected chi connectivity index (χ1v) is 5.58. The molecule has 15 heavy (non-hydrogen) atoms. The molecule has 0 aliphatic carbocycles. The van der Waals surface area contributed by atoms with Crippen LogP contribution in [0.4, 0.5) is 4.39 Å². The molecule has 0 saturated heterocycles. The van der Waals surface area contributed by atoms with Crippen molar-refractivity contribution in [1.29, 1.82) is 0 Å². The van der Waals surface area contributed by atoms with Crippen molar-refractivity contribution in [2.45, 2.75) is 32.7 Å². The van der Waals surface area contributed by atoms with E-state index < -0.39 is 0 Å². The summed E-state index contributed by atoms with van der Waals surface area (Å²) in [4.78, 5) is 0. The molecule has 1 rings (SSSR count). The fraction of sp³-hybridized carbons (Fsp3) is 0.500. The van der Waals surface area contributed by atoms with Crippen LogP contribution >= 0.6 is 11.6 Å². The maximum absolute atomic E-state index is 13.0. The maximum Gasteiger partial charge on any atom is 0.125 e. The summed E-state index contributed by atoms with van der Waals surface area (Å²) in [5.74, 6) is 0.289. The molecule has 0 spiro atoms. The van der Waals surface area contributed by atoms with Gasteiger partial charge < -0.3 is 5.73 Å². The third kappa shape index (κ3) is 4.18. The fourth-order valence-electron chi connectivity index (χ4n) is 1.47. The minimum atomic E-state index is -0.322. The van der Waals surface area contributed by atoms with Crippen molar-refractivity contribution in [3.63, 3.8) is 0 Å². The van der Waals surface area contributed by atoms with Gasteiger partial charge in [0, 0.05) is 11.1 Å². The Kier molecular flexibility index (Phi) is 4.55. The second-order valence-electron chi connectivity index (χ2n) is 4.28. The van der Waals surface area contributed by atoms with E-state index in [1.165, 1.54) is 12.1 Å². The molecular weight excluding hydrogens is 213 g/mol. The van der Waals surface area contributed by atoms with Crippen molar-refractivity contribution >= 4 is 11.6 Å². The Bertz CT molecular complexity index is 305. The van der Waals surface area contributed by atoms with Gasteiger partial charge in [-0.3, -0.25) is 0 Å². The van der Waals surface area contributed by atoms with Gasteiger partial charge in [0.1, 0.15) is 5.82 Å². The molecule has 0 heterocycles. The SMILES string of the molecule is CC(C)CC[C@H](N)c1cc(F)cc(Cl)c1. The molecule has 0 aromatic heterocycles. The molecule has 1 nitrogen and oxygen atoms in total. The van der Waals surface area contributed by atoms with E-state index in [4.69, 9.17) is 17.3 Å². The van der Waals surface area contributed by atoms with Gasteiger partial charge in [0.2, 0.25) is 0 Å². The maximum atomic E-state index is 13.0. The highest BCUT2D eigenvalue weighted by atomic mass is 35.5. The predicted molar refractivity (Wildman–Crippen MR) is 62.4 cm³/mol. The zero-order valence-electron chi connectivity index (χ0n) is 9.13. The molecule has 3 heteroatoms. The Labute approximate surface area is 95.4 Å². The summed E-state index contributed by atoms with van der Waals surface area (Å²) in [5.41, 5.74) is 6.73. The average molecular weight is 230 g/mol. The molecule has 1 atom stereocenters. The number of halogens is 2. The fourth-order valence-corrected chi connectivity index (χ4v) is 1.70. The lowest BCUT2D eigenvalue weighted by atomic mass is 9.98. The van der Waals surface area contributed by atoms with Crippen LogP contribution in [0.5, 0.6) is 0 Å². The number of hydrogen-bond donors (Lipinski definition) is 1. The number of hydrogen-bond acceptors (Lipinski definition) is 1. The van der Waals surface area contributed by atoms with E-state index in [0.717, 1.165) is 18.4 Å². The highest BCUT2D eigenvalue weighted by Crippen LogP contribution is 2.22. The minimum Gasteiger partial charge on any atom is -0.324 e. The van der Waals surface area contributed by atoms with Crippen LogP contribution in [0.3, 0.4) is 0 Å². The summed E-state index contributed by atoms with van der Waals surface area (Å²) in [6.07, 6.45) is 1.90. The Hall–Kier alpha value is -0.600. The van der Waals surface area contributed by atoms with Crippen LogP contribution in [0.2, 0.25) is 5.02 Å². The molecule has 0 bridgehead atoms. The predicted octanol–water partition coefficient (Wildman–Crippen LogP) is 3.92. The van der Waals surface area contributed by atoms with Gasteiger partial charge in [0.15, 0.2) is 0 Å². The van der Waals surface area contributed by atoms with Crippen LogP contribution in [0.15, 0.2) is 18.2 Å². The zero-order valence-corrected chi connectivity index (χ0v) is 9.89. The van der Waals surface area contributed by atoms with Crippen LogP contribution in [0.1, 0.15) is 38.3 Å². The molecule has 0 amide bonds. The van der Waals surface area contributed by atoms with Crippen LogP contribution in [-0.4, -0.2) is 0 Å². The van der Waals surface area contributed by atoms with E-state index in [1.807, 2.05) is 0 Å². The number of rotatable bonds is 4. The van der Waals surface area contributed by atoms with Gasteiger partial charge in [0.25, 0.3) is 0 Å². The summed E-state index contributed by atoms with van der Waals surface area (Å²) < 4.78 is 13.0. The van der Waals surface area contributed by atoms with Crippen molar-refractivity contribution in [2.75, 3.05) is 0 Å². The van der Waals surface area contributed by atoms with Gasteiger partial charge in [-0.05, 0) is 42.5 Å². The highest BCUT2D eigenvalue weighted by molar-refractivity contribution is 6.30. The Morgan fingerprint density at radius 3 is 2.47 bits per heavy atom. The summed E-state index contributed by atoms with van der Waals surface area (Å²) in [6.45, 7) is 4.29. The third-order valence-corrected chi connectivity index (χ3v) is 2.59. The van der Waals surface area contributed by atoms with Crippen LogP contribution in [0.25, 0.3) is 0 Å². The van der Waals surface area contributed by atoms with Gasteiger partial charge in [-0.2, -0.15) is 0 Å². The van der Waals surface area contributed by atoms with Crippen molar-refractivity contribution < 1.29 is 4.39 Å². The van der Waals surface area contributed by atoms with E-state index in [9.17, 15) is 4.39 Å². The molecule has 0 aliphatic rings. The largest absolute Gasteiger partial charge is 0.324 e. The number of nitrogens with two attached hydrogens (primary N) is 1. The summed E-state index contributed by atoms with van der Waals surface area (Å²) in [7, 11) is 0. The minimum absolute atomic E-state index is 0.124. The molecule has 0 fully saturated rings. The summed E-state index contributed by atoms with van der Waals surface area (Å²) in [5, 5.41) is 0.407. The van der Waals surface area contributed by atoms with Crippen LogP contribution in [-0.2, 0) is 0 Å². The first-order valence-electron chi connectivity index (χ1n) is 5.20. The van der Waals surface area contributed by atoms with Crippen molar-refractivity contribution in [3.8, 4) is 0 Å². The smallest absolute Gasteiger partial charge is 0.125 e. The Morgan fingerprint density at radius 1 is 1.27 bits per heavy atom. The van der Waals surface area contributed by atoms with Gasteiger partial charge in [0.05, 0.1) is 0 Å². The second kappa shape index (κ2) is 5.47. The third-order valence-electron chi connectivity index (χ3n) is 2.37. The van der Waals surface area contributed by atoms with E-state index in [0.29, 0.717) is 10.9 Å². The van der Waals surface area contributed by atoms with Gasteiger partial charge in [-0.15, -0.1) is 0 Å². The molecule has 0 saturated carbocycles. The first kappa shape index (κ1) is 12.5. The Balaban J connectivity index is 2.68. The quantitative estimate of drug-likeness (QED) is 0.832. The first-order chi connectivity index (χ1) is 6.99. The highest BCUT2D eigenvalue weighted by Gasteiger charge is 2.09. The van der Waals surface area contributed by atoms with Gasteiger partial charge in [-0.1, -0.05) is 25.4 Å². The van der Waals surface area contributed by atoms with Crippen LogP contribution in [0, 0.1) is 11.7 Å². The normalized spacial score (nSPS) is 13.2. The zero-order chi connectivity index (χ0) is 11.4. The summed E-state index contributed by atoms with van der Waals surface area (Å²) >= 11 is 5.76. The van der Waals surface area contributed by atoms with E-state index in [-0.39, 0.29) is 11.9 Å². The molecule has 84 valence electrons. The number of benzene rings is 1. The Morgan fingerprint density at radius 2 is 1.93 bits per heavy atom. The lowest BCUT2D eigenvalue weighted by Gasteiger charge is -2.13. The van der Waals surface area contributed by atoms with Crippen molar-refractivity contribution in [3.05, 3.63) is 34.6 Å². The molecule has 1 aromatic rings.